The van der Waals surface area contributed by atoms with E-state index in [0.29, 0.717) is 12.1 Å². The van der Waals surface area contributed by atoms with Crippen LogP contribution < -0.4 is 14.4 Å². The maximum Gasteiger partial charge on any atom is 0.241 e. The van der Waals surface area contributed by atoms with Crippen molar-refractivity contribution in [3.8, 4) is 5.75 Å². The van der Waals surface area contributed by atoms with Gasteiger partial charge in [-0.3, -0.25) is 9.10 Å². The zero-order valence-corrected chi connectivity index (χ0v) is 19.4. The molecule has 2 aromatic carbocycles. The van der Waals surface area contributed by atoms with Crippen molar-refractivity contribution in [3.05, 3.63) is 59.7 Å². The number of carbonyl (C=O) groups is 1. The highest BCUT2D eigenvalue weighted by molar-refractivity contribution is 7.92. The van der Waals surface area contributed by atoms with Gasteiger partial charge in [-0.25, -0.2) is 8.42 Å². The summed E-state index contributed by atoms with van der Waals surface area (Å²) >= 11 is 0. The summed E-state index contributed by atoms with van der Waals surface area (Å²) in [6.07, 6.45) is 1.79. The summed E-state index contributed by atoms with van der Waals surface area (Å²) < 4.78 is 31.1. The largest absolute Gasteiger partial charge is 0.497 e. The van der Waals surface area contributed by atoms with Crippen molar-refractivity contribution >= 4 is 21.6 Å². The standard InChI is InChI=1S/C23H32N2O4S/c1-7-21(17-8-14-20(29-5)15-9-17)24-22(26)16-25(30(6,27)28)19-12-10-18(11-13-19)23(2,3)4/h8-15,21H,7,16H2,1-6H3,(H,24,26)/t21-/m1/s1. The van der Waals surface area contributed by atoms with Crippen LogP contribution >= 0.6 is 0 Å². The van der Waals surface area contributed by atoms with E-state index in [1.165, 1.54) is 0 Å². The van der Waals surface area contributed by atoms with Crippen LogP contribution in [0.3, 0.4) is 0 Å². The van der Waals surface area contributed by atoms with Gasteiger partial charge in [0.05, 0.1) is 25.1 Å². The van der Waals surface area contributed by atoms with Crippen molar-refractivity contribution in [2.45, 2.75) is 45.6 Å². The van der Waals surface area contributed by atoms with Gasteiger partial charge in [-0.1, -0.05) is 52.0 Å². The lowest BCUT2D eigenvalue weighted by atomic mass is 9.87. The Morgan fingerprint density at radius 3 is 2.07 bits per heavy atom. The number of ether oxygens (including phenoxy) is 1. The molecule has 2 aromatic rings. The van der Waals surface area contributed by atoms with Gasteiger partial charge < -0.3 is 10.1 Å². The Bertz CT molecular complexity index is 946. The van der Waals surface area contributed by atoms with Crippen molar-refractivity contribution in [2.75, 3.05) is 24.2 Å². The van der Waals surface area contributed by atoms with Crippen LogP contribution in [-0.2, 0) is 20.2 Å². The molecule has 1 amide bonds. The number of amides is 1. The number of rotatable bonds is 8. The minimum Gasteiger partial charge on any atom is -0.497 e. The van der Waals surface area contributed by atoms with E-state index >= 15 is 0 Å². The third-order valence-electron chi connectivity index (χ3n) is 4.97. The fraction of sp³-hybridized carbons (Fsp3) is 0.435. The summed E-state index contributed by atoms with van der Waals surface area (Å²) in [6, 6.07) is 14.5. The maximum absolute atomic E-state index is 12.7. The molecule has 2 rings (SSSR count). The smallest absolute Gasteiger partial charge is 0.241 e. The van der Waals surface area contributed by atoms with Gasteiger partial charge in [-0.2, -0.15) is 0 Å². The van der Waals surface area contributed by atoms with Crippen molar-refractivity contribution < 1.29 is 17.9 Å². The molecule has 0 aliphatic rings. The summed E-state index contributed by atoms with van der Waals surface area (Å²) in [6.45, 7) is 7.96. The van der Waals surface area contributed by atoms with Crippen molar-refractivity contribution in [3.63, 3.8) is 0 Å². The van der Waals surface area contributed by atoms with Gasteiger partial charge in [0.2, 0.25) is 15.9 Å². The minimum atomic E-state index is -3.62. The molecule has 1 atom stereocenters. The average molecular weight is 433 g/mol. The molecule has 0 saturated carbocycles. The third kappa shape index (κ3) is 6.23. The van der Waals surface area contributed by atoms with Gasteiger partial charge in [0, 0.05) is 0 Å². The first-order valence-electron chi connectivity index (χ1n) is 9.97. The highest BCUT2D eigenvalue weighted by Crippen LogP contribution is 2.26. The number of hydrogen-bond acceptors (Lipinski definition) is 4. The van der Waals surface area contributed by atoms with Gasteiger partial charge in [-0.15, -0.1) is 0 Å². The van der Waals surface area contributed by atoms with E-state index in [-0.39, 0.29) is 23.9 Å². The molecule has 0 aliphatic heterocycles. The molecule has 0 spiro atoms. The molecule has 1 N–H and O–H groups in total. The van der Waals surface area contributed by atoms with Crippen molar-refractivity contribution in [1.29, 1.82) is 0 Å². The van der Waals surface area contributed by atoms with Gasteiger partial charge in [0.1, 0.15) is 12.3 Å². The van der Waals surface area contributed by atoms with E-state index < -0.39 is 10.0 Å². The van der Waals surface area contributed by atoms with Crippen molar-refractivity contribution in [1.82, 2.24) is 5.32 Å². The highest BCUT2D eigenvalue weighted by atomic mass is 32.2. The fourth-order valence-electron chi connectivity index (χ4n) is 3.16. The first kappa shape index (κ1) is 23.7. The lowest BCUT2D eigenvalue weighted by Gasteiger charge is -2.25. The number of nitrogens with one attached hydrogen (secondary N) is 1. The number of benzene rings is 2. The second-order valence-electron chi connectivity index (χ2n) is 8.37. The van der Waals surface area contributed by atoms with Crippen molar-refractivity contribution in [2.24, 2.45) is 0 Å². The normalized spacial score (nSPS) is 12.9. The molecule has 0 bridgehead atoms. The Hall–Kier alpha value is -2.54. The molecule has 0 radical (unpaired) electrons. The molecule has 30 heavy (non-hydrogen) atoms. The quantitative estimate of drug-likeness (QED) is 0.683. The SMILES string of the molecule is CC[C@@H](NC(=O)CN(c1ccc(C(C)(C)C)cc1)S(C)(=O)=O)c1ccc(OC)cc1. The summed E-state index contributed by atoms with van der Waals surface area (Å²) in [4.78, 5) is 12.7. The van der Waals surface area contributed by atoms with E-state index in [1.54, 1.807) is 19.2 Å². The molecular weight excluding hydrogens is 400 g/mol. The van der Waals surface area contributed by atoms with E-state index in [2.05, 4.69) is 26.1 Å². The number of methoxy groups -OCH3 is 1. The fourth-order valence-corrected chi connectivity index (χ4v) is 4.01. The molecule has 7 heteroatoms. The summed E-state index contributed by atoms with van der Waals surface area (Å²) in [5.74, 6) is 0.380. The first-order chi connectivity index (χ1) is 14.0. The Morgan fingerprint density at radius 2 is 1.63 bits per heavy atom. The monoisotopic (exact) mass is 432 g/mol. The second-order valence-corrected chi connectivity index (χ2v) is 10.3. The molecule has 0 aromatic heterocycles. The summed E-state index contributed by atoms with van der Waals surface area (Å²) in [5.41, 5.74) is 2.46. The van der Waals surface area contributed by atoms with Gasteiger partial charge in [0.15, 0.2) is 0 Å². The molecule has 0 fully saturated rings. The van der Waals surface area contributed by atoms with Crippen LogP contribution in [0.2, 0.25) is 0 Å². The minimum absolute atomic E-state index is 0.0431. The van der Waals surface area contributed by atoms with Crippen LogP contribution in [0.1, 0.15) is 51.3 Å². The zero-order chi connectivity index (χ0) is 22.5. The van der Waals surface area contributed by atoms with E-state index in [0.717, 1.165) is 27.4 Å². The third-order valence-corrected chi connectivity index (χ3v) is 6.11. The number of anilines is 1. The number of sulfonamides is 1. The Morgan fingerprint density at radius 1 is 1.07 bits per heavy atom. The van der Waals surface area contributed by atoms with Gasteiger partial charge >= 0.3 is 0 Å². The van der Waals surface area contributed by atoms with Gasteiger partial charge in [0.25, 0.3) is 0 Å². The lowest BCUT2D eigenvalue weighted by molar-refractivity contribution is -0.120. The molecular formula is C23H32N2O4S. The Balaban J connectivity index is 2.18. The first-order valence-corrected chi connectivity index (χ1v) is 11.8. The summed E-state index contributed by atoms with van der Waals surface area (Å²) in [5, 5.41) is 2.94. The Labute approximate surface area is 180 Å². The predicted molar refractivity (Wildman–Crippen MR) is 122 cm³/mol. The molecule has 0 saturated heterocycles. The second kappa shape index (κ2) is 9.51. The molecule has 0 heterocycles. The van der Waals surface area contributed by atoms with Crippen LogP contribution in [0.15, 0.2) is 48.5 Å². The van der Waals surface area contributed by atoms with Crippen LogP contribution in [0.25, 0.3) is 0 Å². The van der Waals surface area contributed by atoms with E-state index in [1.807, 2.05) is 43.3 Å². The van der Waals surface area contributed by atoms with Crippen LogP contribution in [0, 0.1) is 0 Å². The number of hydrogen-bond donors (Lipinski definition) is 1. The topological polar surface area (TPSA) is 75.7 Å². The van der Waals surface area contributed by atoms with Crippen LogP contribution in [0.4, 0.5) is 5.69 Å². The number of nitrogens with zero attached hydrogens (tertiary/aromatic N) is 1. The van der Waals surface area contributed by atoms with Gasteiger partial charge in [-0.05, 0) is 47.2 Å². The van der Waals surface area contributed by atoms with E-state index in [4.69, 9.17) is 4.74 Å². The zero-order valence-electron chi connectivity index (χ0n) is 18.6. The van der Waals surface area contributed by atoms with E-state index in [9.17, 15) is 13.2 Å². The average Bonchev–Trinajstić information content (AvgIpc) is 2.69. The molecule has 0 aliphatic carbocycles. The lowest BCUT2D eigenvalue weighted by Crippen LogP contribution is -2.41. The number of carbonyl (C=O) groups excluding carboxylic acids is 1. The Kier molecular flexibility index (Phi) is 7.53. The molecule has 0 unspecified atom stereocenters. The highest BCUT2D eigenvalue weighted by Gasteiger charge is 2.23. The molecule has 6 nitrogen and oxygen atoms in total. The van der Waals surface area contributed by atoms with Crippen LogP contribution in [0.5, 0.6) is 5.75 Å². The van der Waals surface area contributed by atoms with Crippen LogP contribution in [-0.4, -0.2) is 34.2 Å². The predicted octanol–water partition coefficient (Wildman–Crippen LogP) is 4.03. The maximum atomic E-state index is 12.7. The summed E-state index contributed by atoms with van der Waals surface area (Å²) in [7, 11) is -2.02. The molecule has 164 valence electrons.